The Hall–Kier alpha value is -1.86. The predicted molar refractivity (Wildman–Crippen MR) is 107 cm³/mol. The van der Waals surface area contributed by atoms with Crippen molar-refractivity contribution in [1.29, 1.82) is 0 Å². The zero-order valence-electron chi connectivity index (χ0n) is 14.9. The Morgan fingerprint density at radius 2 is 1.92 bits per heavy atom. The number of fused-ring (bicyclic) bond motifs is 1. The van der Waals surface area contributed by atoms with Crippen molar-refractivity contribution in [2.45, 2.75) is 44.6 Å². The molecule has 0 fully saturated rings. The maximum atomic E-state index is 13.1. The van der Waals surface area contributed by atoms with E-state index in [1.807, 2.05) is 32.0 Å². The third-order valence-corrected chi connectivity index (χ3v) is 6.41. The minimum absolute atomic E-state index is 0.0745. The highest BCUT2D eigenvalue weighted by atomic mass is 79.9. The lowest BCUT2D eigenvalue weighted by Gasteiger charge is -2.23. The van der Waals surface area contributed by atoms with E-state index < -0.39 is 10.0 Å². The van der Waals surface area contributed by atoms with E-state index in [0.717, 1.165) is 17.5 Å². The molecule has 2 aromatic rings. The van der Waals surface area contributed by atoms with E-state index in [1.165, 1.54) is 6.92 Å². The van der Waals surface area contributed by atoms with Gasteiger partial charge in [-0.05, 0) is 55.2 Å². The fourth-order valence-corrected chi connectivity index (χ4v) is 5.36. The number of benzene rings is 2. The normalized spacial score (nSPS) is 16.5. The largest absolute Gasteiger partial charge is 0.308 e. The summed E-state index contributed by atoms with van der Waals surface area (Å²) in [7, 11) is -3.84. The molecular weight excluding hydrogens is 416 g/mol. The number of halogens is 1. The minimum Gasteiger partial charge on any atom is -0.308 e. The van der Waals surface area contributed by atoms with Gasteiger partial charge in [0, 0.05) is 23.1 Å². The number of hydrogen-bond acceptors (Lipinski definition) is 3. The molecule has 0 bridgehead atoms. The van der Waals surface area contributed by atoms with Crippen molar-refractivity contribution in [3.63, 3.8) is 0 Å². The molecule has 3 rings (SSSR count). The van der Waals surface area contributed by atoms with Crippen LogP contribution >= 0.6 is 15.9 Å². The van der Waals surface area contributed by atoms with Crippen LogP contribution in [-0.4, -0.2) is 20.4 Å². The lowest BCUT2D eigenvalue weighted by molar-refractivity contribution is -0.116. The van der Waals surface area contributed by atoms with Crippen LogP contribution in [0.25, 0.3) is 0 Å². The topological polar surface area (TPSA) is 66.5 Å². The second kappa shape index (κ2) is 7.04. The van der Waals surface area contributed by atoms with Crippen LogP contribution in [0.5, 0.6) is 0 Å². The zero-order valence-corrected chi connectivity index (χ0v) is 17.3. The molecule has 7 heteroatoms. The second-order valence-electron chi connectivity index (χ2n) is 6.51. The minimum atomic E-state index is -3.84. The fraction of sp³-hybridized carbons (Fsp3) is 0.316. The smallest absolute Gasteiger partial charge is 0.264 e. The lowest BCUT2D eigenvalue weighted by atomic mass is 10.1. The van der Waals surface area contributed by atoms with Crippen LogP contribution < -0.4 is 9.62 Å². The summed E-state index contributed by atoms with van der Waals surface area (Å²) in [6.07, 6.45) is 1.51. The first-order valence-corrected chi connectivity index (χ1v) is 10.7. The molecule has 1 amide bonds. The van der Waals surface area contributed by atoms with E-state index in [0.29, 0.717) is 22.3 Å². The van der Waals surface area contributed by atoms with Gasteiger partial charge in [-0.2, -0.15) is 0 Å². The Labute approximate surface area is 162 Å². The molecule has 0 radical (unpaired) electrons. The Morgan fingerprint density at radius 3 is 2.50 bits per heavy atom. The van der Waals surface area contributed by atoms with Gasteiger partial charge in [-0.3, -0.25) is 9.52 Å². The van der Waals surface area contributed by atoms with Crippen LogP contribution in [0.4, 0.5) is 11.4 Å². The molecule has 2 aromatic carbocycles. The van der Waals surface area contributed by atoms with Crippen LogP contribution in [0.15, 0.2) is 45.8 Å². The van der Waals surface area contributed by atoms with Gasteiger partial charge in [-0.25, -0.2) is 8.42 Å². The van der Waals surface area contributed by atoms with Crippen molar-refractivity contribution in [2.75, 3.05) is 9.62 Å². The second-order valence-corrected chi connectivity index (χ2v) is 9.08. The average Bonchev–Trinajstić information content (AvgIpc) is 2.90. The van der Waals surface area contributed by atoms with Crippen molar-refractivity contribution in [1.82, 2.24) is 0 Å². The zero-order chi connectivity index (χ0) is 19.1. The summed E-state index contributed by atoms with van der Waals surface area (Å²) in [4.78, 5) is 13.8. The van der Waals surface area contributed by atoms with Crippen molar-refractivity contribution >= 4 is 43.2 Å². The quantitative estimate of drug-likeness (QED) is 0.783. The number of sulfonamides is 1. The molecule has 1 heterocycles. The molecule has 138 valence electrons. The maximum absolute atomic E-state index is 13.1. The van der Waals surface area contributed by atoms with E-state index >= 15 is 0 Å². The molecule has 1 N–H and O–H groups in total. The predicted octanol–water partition coefficient (Wildman–Crippen LogP) is 4.11. The molecule has 1 aliphatic rings. The number of carbonyl (C=O) groups is 1. The third kappa shape index (κ3) is 3.50. The van der Waals surface area contributed by atoms with Crippen LogP contribution in [0, 0.1) is 0 Å². The van der Waals surface area contributed by atoms with Gasteiger partial charge in [0.15, 0.2) is 0 Å². The number of nitrogens with one attached hydrogen (secondary N) is 1. The highest BCUT2D eigenvalue weighted by Gasteiger charge is 2.35. The van der Waals surface area contributed by atoms with Crippen LogP contribution in [0.3, 0.4) is 0 Å². The standard InChI is InChI=1S/C19H21BrN2O3S/c1-4-14-5-7-17(8-6-14)21-26(24,25)18-11-16(20)10-15-9-12(2)22(13(3)23)19(15)18/h5-8,10-12,21H,4,9H2,1-3H3. The molecule has 1 unspecified atom stereocenters. The van der Waals surface area contributed by atoms with Crippen molar-refractivity contribution in [2.24, 2.45) is 0 Å². The van der Waals surface area contributed by atoms with Crippen LogP contribution in [0.2, 0.25) is 0 Å². The fourth-order valence-electron chi connectivity index (χ4n) is 3.38. The van der Waals surface area contributed by atoms with E-state index in [-0.39, 0.29) is 16.8 Å². The first-order chi connectivity index (χ1) is 12.2. The van der Waals surface area contributed by atoms with Gasteiger partial charge < -0.3 is 4.90 Å². The Bertz CT molecular complexity index is 955. The lowest BCUT2D eigenvalue weighted by Crippen LogP contribution is -2.34. The van der Waals surface area contributed by atoms with Crippen molar-refractivity contribution < 1.29 is 13.2 Å². The third-order valence-electron chi connectivity index (χ3n) is 4.56. The summed E-state index contributed by atoms with van der Waals surface area (Å²) >= 11 is 3.39. The number of nitrogens with zero attached hydrogens (tertiary/aromatic N) is 1. The molecule has 0 saturated carbocycles. The van der Waals surface area contributed by atoms with Crippen molar-refractivity contribution in [3.05, 3.63) is 52.0 Å². The van der Waals surface area contributed by atoms with Gasteiger partial charge in [-0.1, -0.05) is 35.0 Å². The molecule has 0 aliphatic carbocycles. The summed E-state index contributed by atoms with van der Waals surface area (Å²) in [6.45, 7) is 5.42. The molecule has 0 aromatic heterocycles. The molecule has 0 spiro atoms. The number of rotatable bonds is 4. The van der Waals surface area contributed by atoms with E-state index in [1.54, 1.807) is 23.1 Å². The average molecular weight is 437 g/mol. The number of amides is 1. The maximum Gasteiger partial charge on any atom is 0.264 e. The first kappa shape index (κ1) is 18.9. The van der Waals surface area contributed by atoms with Gasteiger partial charge in [0.25, 0.3) is 10.0 Å². The molecule has 0 saturated heterocycles. The van der Waals surface area contributed by atoms with Gasteiger partial charge >= 0.3 is 0 Å². The number of hydrogen-bond donors (Lipinski definition) is 1. The number of aryl methyl sites for hydroxylation is 1. The highest BCUT2D eigenvalue weighted by Crippen LogP contribution is 2.40. The summed E-state index contributed by atoms with van der Waals surface area (Å²) in [6, 6.07) is 10.6. The van der Waals surface area contributed by atoms with Crippen LogP contribution in [0.1, 0.15) is 31.9 Å². The summed E-state index contributed by atoms with van der Waals surface area (Å²) < 4.78 is 29.5. The Morgan fingerprint density at radius 1 is 1.27 bits per heavy atom. The SMILES string of the molecule is CCc1ccc(NS(=O)(=O)c2cc(Br)cc3c2N(C(C)=O)C(C)C3)cc1. The Kier molecular flexibility index (Phi) is 5.12. The van der Waals surface area contributed by atoms with Gasteiger partial charge in [-0.15, -0.1) is 0 Å². The van der Waals surface area contributed by atoms with Crippen LogP contribution in [-0.2, 0) is 27.7 Å². The summed E-state index contributed by atoms with van der Waals surface area (Å²) in [5.41, 5.74) is 2.96. The van der Waals surface area contributed by atoms with E-state index in [9.17, 15) is 13.2 Å². The molecule has 26 heavy (non-hydrogen) atoms. The van der Waals surface area contributed by atoms with E-state index in [2.05, 4.69) is 20.7 Å². The number of carbonyl (C=O) groups excluding carboxylic acids is 1. The molecule has 1 aliphatic heterocycles. The number of anilines is 2. The first-order valence-electron chi connectivity index (χ1n) is 8.47. The summed E-state index contributed by atoms with van der Waals surface area (Å²) in [5.74, 6) is -0.165. The van der Waals surface area contributed by atoms with Gasteiger partial charge in [0.1, 0.15) is 4.90 Å². The molecule has 5 nitrogen and oxygen atoms in total. The van der Waals surface area contributed by atoms with E-state index in [4.69, 9.17) is 0 Å². The monoisotopic (exact) mass is 436 g/mol. The Balaban J connectivity index is 2.06. The van der Waals surface area contributed by atoms with Crippen molar-refractivity contribution in [3.8, 4) is 0 Å². The highest BCUT2D eigenvalue weighted by molar-refractivity contribution is 9.10. The molecule has 1 atom stereocenters. The van der Waals surface area contributed by atoms with Gasteiger partial charge in [0.2, 0.25) is 5.91 Å². The van der Waals surface area contributed by atoms with Gasteiger partial charge in [0.05, 0.1) is 5.69 Å². The summed E-state index contributed by atoms with van der Waals surface area (Å²) in [5, 5.41) is 0. The molecular formula is C19H21BrN2O3S.